The highest BCUT2D eigenvalue weighted by atomic mass is 19.1. The average Bonchev–Trinajstić information content (AvgIpc) is 3.30. The Kier molecular flexibility index (Phi) is 6.58. The number of fused-ring (bicyclic) bond motifs is 1. The Hall–Kier alpha value is -3.09. The van der Waals surface area contributed by atoms with E-state index in [9.17, 15) is 9.59 Å². The fraction of sp³-hybridized carbons (Fsp3) is 0.462. The monoisotopic (exact) mass is 454 g/mol. The first-order chi connectivity index (χ1) is 15.7. The number of ether oxygens (including phenoxy) is 2. The quantitative estimate of drug-likeness (QED) is 0.715. The molecule has 176 valence electrons. The minimum atomic E-state index is -1.09. The molecular formula is C26H31FN2O4. The zero-order valence-corrected chi connectivity index (χ0v) is 19.4. The molecule has 33 heavy (non-hydrogen) atoms. The lowest BCUT2D eigenvalue weighted by atomic mass is 9.97. The summed E-state index contributed by atoms with van der Waals surface area (Å²) < 4.78 is 26.3. The number of hydrogen-bond donors (Lipinski definition) is 1. The summed E-state index contributed by atoms with van der Waals surface area (Å²) in [5, 5.41) is 2.96. The van der Waals surface area contributed by atoms with Gasteiger partial charge in [-0.1, -0.05) is 31.0 Å². The number of rotatable bonds is 5. The summed E-state index contributed by atoms with van der Waals surface area (Å²) >= 11 is 0. The van der Waals surface area contributed by atoms with Gasteiger partial charge in [0, 0.05) is 22.7 Å². The van der Waals surface area contributed by atoms with Crippen molar-refractivity contribution in [2.75, 3.05) is 13.2 Å². The molecule has 2 amide bonds. The van der Waals surface area contributed by atoms with Crippen LogP contribution in [0.1, 0.15) is 68.4 Å². The van der Waals surface area contributed by atoms with E-state index in [1.54, 1.807) is 41.3 Å². The van der Waals surface area contributed by atoms with E-state index < -0.39 is 23.3 Å². The number of hydrogen-bond acceptors (Lipinski definition) is 4. The molecule has 1 atom stereocenters. The zero-order chi connectivity index (χ0) is 23.6. The van der Waals surface area contributed by atoms with Gasteiger partial charge in [-0.3, -0.25) is 9.59 Å². The SMILES string of the molecule is CC(C)(C)NC(=O)C(c1ccccc1F)N(C(=O)c1ccc2c(c1)OCCO2)C1CCCC1. The molecule has 1 fully saturated rings. The van der Waals surface area contributed by atoms with Gasteiger partial charge in [-0.2, -0.15) is 0 Å². The van der Waals surface area contributed by atoms with Gasteiger partial charge in [0.25, 0.3) is 5.91 Å². The van der Waals surface area contributed by atoms with E-state index >= 15 is 4.39 Å². The normalized spacial score (nSPS) is 16.8. The molecule has 2 aromatic rings. The molecule has 1 N–H and O–H groups in total. The molecule has 4 rings (SSSR count). The topological polar surface area (TPSA) is 67.9 Å². The maximum Gasteiger partial charge on any atom is 0.255 e. The number of halogens is 1. The van der Waals surface area contributed by atoms with Crippen LogP contribution in [0.5, 0.6) is 11.5 Å². The van der Waals surface area contributed by atoms with Gasteiger partial charge in [-0.25, -0.2) is 4.39 Å². The first kappa shape index (κ1) is 23.1. The molecule has 0 spiro atoms. The molecule has 1 heterocycles. The molecule has 1 saturated carbocycles. The van der Waals surface area contributed by atoms with Crippen molar-refractivity contribution in [3.63, 3.8) is 0 Å². The molecule has 1 aliphatic carbocycles. The van der Waals surface area contributed by atoms with E-state index in [4.69, 9.17) is 9.47 Å². The van der Waals surface area contributed by atoms with Crippen molar-refractivity contribution >= 4 is 11.8 Å². The van der Waals surface area contributed by atoms with Gasteiger partial charge in [-0.05, 0) is 57.9 Å². The number of benzene rings is 2. The standard InChI is InChI=1S/C26H31FN2O4/c1-26(2,3)28-24(30)23(19-10-6-7-11-20(19)27)29(18-8-4-5-9-18)25(31)17-12-13-21-22(16-17)33-15-14-32-21/h6-7,10-13,16,18,23H,4-5,8-9,14-15H2,1-3H3,(H,28,30). The second-order valence-corrected chi connectivity index (χ2v) is 9.67. The molecular weight excluding hydrogens is 423 g/mol. The van der Waals surface area contributed by atoms with Crippen molar-refractivity contribution in [2.24, 2.45) is 0 Å². The predicted octanol–water partition coefficient (Wildman–Crippen LogP) is 4.64. The maximum absolute atomic E-state index is 15.0. The predicted molar refractivity (Wildman–Crippen MR) is 123 cm³/mol. The van der Waals surface area contributed by atoms with Crippen LogP contribution in [0.4, 0.5) is 4.39 Å². The second kappa shape index (κ2) is 9.41. The zero-order valence-electron chi connectivity index (χ0n) is 19.4. The Balaban J connectivity index is 1.79. The summed E-state index contributed by atoms with van der Waals surface area (Å²) in [7, 11) is 0. The van der Waals surface area contributed by atoms with Gasteiger partial charge < -0.3 is 19.7 Å². The summed E-state index contributed by atoms with van der Waals surface area (Å²) in [6.07, 6.45) is 3.45. The van der Waals surface area contributed by atoms with Gasteiger partial charge in [-0.15, -0.1) is 0 Å². The Morgan fingerprint density at radius 1 is 1.03 bits per heavy atom. The van der Waals surface area contributed by atoms with Crippen LogP contribution in [0.25, 0.3) is 0 Å². The summed E-state index contributed by atoms with van der Waals surface area (Å²) in [5.41, 5.74) is 0.0372. The van der Waals surface area contributed by atoms with E-state index in [1.807, 2.05) is 20.8 Å². The number of amides is 2. The molecule has 2 aliphatic rings. The summed E-state index contributed by atoms with van der Waals surface area (Å²) in [4.78, 5) is 29.1. The van der Waals surface area contributed by atoms with Gasteiger partial charge in [0.1, 0.15) is 25.1 Å². The molecule has 0 aromatic heterocycles. The largest absolute Gasteiger partial charge is 0.486 e. The summed E-state index contributed by atoms with van der Waals surface area (Å²) in [5.74, 6) is -0.146. The highest BCUT2D eigenvalue weighted by Gasteiger charge is 2.40. The van der Waals surface area contributed by atoms with Crippen molar-refractivity contribution in [3.05, 3.63) is 59.4 Å². The second-order valence-electron chi connectivity index (χ2n) is 9.67. The van der Waals surface area contributed by atoms with Crippen molar-refractivity contribution in [1.82, 2.24) is 10.2 Å². The van der Waals surface area contributed by atoms with E-state index in [0.29, 0.717) is 30.3 Å². The van der Waals surface area contributed by atoms with Crippen LogP contribution < -0.4 is 14.8 Å². The number of nitrogens with one attached hydrogen (secondary N) is 1. The molecule has 0 saturated heterocycles. The maximum atomic E-state index is 15.0. The minimum absolute atomic E-state index is 0.166. The molecule has 6 nitrogen and oxygen atoms in total. The Morgan fingerprint density at radius 2 is 1.70 bits per heavy atom. The van der Waals surface area contributed by atoms with Crippen LogP contribution in [0.3, 0.4) is 0 Å². The van der Waals surface area contributed by atoms with Crippen molar-refractivity contribution < 1.29 is 23.5 Å². The molecule has 0 bridgehead atoms. The van der Waals surface area contributed by atoms with E-state index in [0.717, 1.165) is 25.7 Å². The average molecular weight is 455 g/mol. The third kappa shape index (κ3) is 5.13. The first-order valence-electron chi connectivity index (χ1n) is 11.5. The number of carbonyl (C=O) groups is 2. The lowest BCUT2D eigenvalue weighted by molar-refractivity contribution is -0.128. The fourth-order valence-corrected chi connectivity index (χ4v) is 4.55. The Bertz CT molecular complexity index is 1030. The van der Waals surface area contributed by atoms with E-state index in [2.05, 4.69) is 5.32 Å². The Morgan fingerprint density at radius 3 is 2.36 bits per heavy atom. The first-order valence-corrected chi connectivity index (χ1v) is 11.5. The summed E-state index contributed by atoms with van der Waals surface area (Å²) in [6.45, 7) is 6.46. The number of carbonyl (C=O) groups excluding carboxylic acids is 2. The highest BCUT2D eigenvalue weighted by molar-refractivity contribution is 5.99. The van der Waals surface area contributed by atoms with Crippen LogP contribution in [-0.4, -0.2) is 41.5 Å². The fourth-order valence-electron chi connectivity index (χ4n) is 4.55. The van der Waals surface area contributed by atoms with Gasteiger partial charge in [0.15, 0.2) is 11.5 Å². The molecule has 1 aliphatic heterocycles. The molecule has 7 heteroatoms. The smallest absolute Gasteiger partial charge is 0.255 e. The lowest BCUT2D eigenvalue weighted by Crippen LogP contribution is -2.52. The van der Waals surface area contributed by atoms with E-state index in [-0.39, 0.29) is 17.5 Å². The van der Waals surface area contributed by atoms with Crippen LogP contribution in [0.15, 0.2) is 42.5 Å². The Labute approximate surface area is 194 Å². The molecule has 1 unspecified atom stereocenters. The minimum Gasteiger partial charge on any atom is -0.486 e. The highest BCUT2D eigenvalue weighted by Crippen LogP contribution is 2.36. The van der Waals surface area contributed by atoms with Crippen molar-refractivity contribution in [2.45, 2.75) is 64.1 Å². The molecule has 2 aromatic carbocycles. The van der Waals surface area contributed by atoms with Crippen LogP contribution in [0.2, 0.25) is 0 Å². The lowest BCUT2D eigenvalue weighted by Gasteiger charge is -2.37. The third-order valence-electron chi connectivity index (χ3n) is 5.97. The van der Waals surface area contributed by atoms with Gasteiger partial charge in [0.2, 0.25) is 5.91 Å². The summed E-state index contributed by atoms with van der Waals surface area (Å²) in [6, 6.07) is 9.97. The third-order valence-corrected chi connectivity index (χ3v) is 5.97. The van der Waals surface area contributed by atoms with Gasteiger partial charge in [0.05, 0.1) is 0 Å². The van der Waals surface area contributed by atoms with E-state index in [1.165, 1.54) is 6.07 Å². The molecule has 0 radical (unpaired) electrons. The van der Waals surface area contributed by atoms with Crippen LogP contribution in [-0.2, 0) is 4.79 Å². The van der Waals surface area contributed by atoms with Gasteiger partial charge >= 0.3 is 0 Å². The number of nitrogens with zero attached hydrogens (tertiary/aromatic N) is 1. The van der Waals surface area contributed by atoms with Crippen molar-refractivity contribution in [1.29, 1.82) is 0 Å². The van der Waals surface area contributed by atoms with Crippen molar-refractivity contribution in [3.8, 4) is 11.5 Å². The van der Waals surface area contributed by atoms with Crippen LogP contribution >= 0.6 is 0 Å². The van der Waals surface area contributed by atoms with Crippen LogP contribution in [0, 0.1) is 5.82 Å².